The Morgan fingerprint density at radius 1 is 1.35 bits per heavy atom. The second-order valence-electron chi connectivity index (χ2n) is 4.88. The molecule has 20 heavy (non-hydrogen) atoms. The van der Waals surface area contributed by atoms with Crippen LogP contribution in [0, 0.1) is 0 Å². The summed E-state index contributed by atoms with van der Waals surface area (Å²) in [6, 6.07) is 3.82. The van der Waals surface area contributed by atoms with Crippen LogP contribution in [0.15, 0.2) is 12.1 Å². The molecule has 0 saturated heterocycles. The summed E-state index contributed by atoms with van der Waals surface area (Å²) in [6.45, 7) is 1.37. The van der Waals surface area contributed by atoms with Crippen LogP contribution in [0.5, 0.6) is 11.5 Å². The van der Waals surface area contributed by atoms with Gasteiger partial charge in [-0.25, -0.2) is 4.98 Å². The minimum Gasteiger partial charge on any atom is -0.489 e. The van der Waals surface area contributed by atoms with Gasteiger partial charge < -0.3 is 20.2 Å². The standard InChI is InChI=1S/C14H19N3O2S/c1-20-6-3-9(15)14-16-10-7-12-13(8-11(10)17-14)19-5-2-4-18-12/h7-9H,2-6,15H2,1H3,(H,16,17). The highest BCUT2D eigenvalue weighted by Gasteiger charge is 2.16. The summed E-state index contributed by atoms with van der Waals surface area (Å²) >= 11 is 1.79. The molecule has 0 saturated carbocycles. The van der Waals surface area contributed by atoms with Crippen LogP contribution >= 0.6 is 11.8 Å². The number of aromatic amines is 1. The summed E-state index contributed by atoms with van der Waals surface area (Å²) in [5, 5.41) is 0. The summed E-state index contributed by atoms with van der Waals surface area (Å²) in [5.74, 6) is 3.41. The van der Waals surface area contributed by atoms with Crippen molar-refractivity contribution < 1.29 is 9.47 Å². The SMILES string of the molecule is CSCCC(N)c1nc2cc3c(cc2[nH]1)OCCCO3. The zero-order valence-corrected chi connectivity index (χ0v) is 12.3. The summed E-state index contributed by atoms with van der Waals surface area (Å²) in [5.41, 5.74) is 7.98. The highest BCUT2D eigenvalue weighted by Crippen LogP contribution is 2.33. The number of imidazole rings is 1. The highest BCUT2D eigenvalue weighted by molar-refractivity contribution is 7.98. The van der Waals surface area contributed by atoms with Gasteiger partial charge in [0, 0.05) is 18.6 Å². The van der Waals surface area contributed by atoms with Gasteiger partial charge in [-0.3, -0.25) is 0 Å². The second-order valence-corrected chi connectivity index (χ2v) is 5.86. The van der Waals surface area contributed by atoms with Crippen molar-refractivity contribution in [3.63, 3.8) is 0 Å². The van der Waals surface area contributed by atoms with Gasteiger partial charge in [-0.1, -0.05) is 0 Å². The Bertz CT molecular complexity index is 556. The van der Waals surface area contributed by atoms with E-state index >= 15 is 0 Å². The number of hydrogen-bond acceptors (Lipinski definition) is 5. The molecule has 3 N–H and O–H groups in total. The summed E-state index contributed by atoms with van der Waals surface area (Å²) in [7, 11) is 0. The van der Waals surface area contributed by atoms with E-state index in [1.165, 1.54) is 0 Å². The molecule has 2 aromatic rings. The Morgan fingerprint density at radius 3 is 2.85 bits per heavy atom. The number of benzene rings is 1. The van der Waals surface area contributed by atoms with Crippen molar-refractivity contribution in [1.29, 1.82) is 0 Å². The Morgan fingerprint density at radius 2 is 2.10 bits per heavy atom. The Balaban J connectivity index is 1.91. The molecule has 0 amide bonds. The molecule has 0 radical (unpaired) electrons. The van der Waals surface area contributed by atoms with Gasteiger partial charge in [0.25, 0.3) is 0 Å². The third kappa shape index (κ3) is 2.71. The number of rotatable bonds is 4. The molecule has 5 nitrogen and oxygen atoms in total. The van der Waals surface area contributed by atoms with Crippen molar-refractivity contribution in [2.45, 2.75) is 18.9 Å². The summed E-state index contributed by atoms with van der Waals surface area (Å²) in [4.78, 5) is 7.87. The van der Waals surface area contributed by atoms with Crippen molar-refractivity contribution in [3.05, 3.63) is 18.0 Å². The maximum Gasteiger partial charge on any atom is 0.163 e. The van der Waals surface area contributed by atoms with E-state index in [2.05, 4.69) is 16.2 Å². The highest BCUT2D eigenvalue weighted by atomic mass is 32.2. The predicted molar refractivity (Wildman–Crippen MR) is 81.6 cm³/mol. The Labute approximate surface area is 122 Å². The van der Waals surface area contributed by atoms with Crippen LogP contribution in [0.25, 0.3) is 11.0 Å². The number of nitrogens with zero attached hydrogens (tertiary/aromatic N) is 1. The van der Waals surface area contributed by atoms with Gasteiger partial charge in [-0.15, -0.1) is 0 Å². The molecule has 0 bridgehead atoms. The molecule has 108 valence electrons. The lowest BCUT2D eigenvalue weighted by Crippen LogP contribution is -2.12. The third-order valence-electron chi connectivity index (χ3n) is 3.35. The normalized spacial score (nSPS) is 16.1. The quantitative estimate of drug-likeness (QED) is 0.906. The fourth-order valence-electron chi connectivity index (χ4n) is 2.24. The molecular formula is C14H19N3O2S. The number of aromatic nitrogens is 2. The van der Waals surface area contributed by atoms with E-state index in [1.54, 1.807) is 11.8 Å². The van der Waals surface area contributed by atoms with Crippen molar-refractivity contribution in [2.75, 3.05) is 25.2 Å². The summed E-state index contributed by atoms with van der Waals surface area (Å²) in [6.07, 6.45) is 3.89. The van der Waals surface area contributed by atoms with Gasteiger partial charge >= 0.3 is 0 Å². The van der Waals surface area contributed by atoms with Crippen LogP contribution < -0.4 is 15.2 Å². The molecule has 0 spiro atoms. The van der Waals surface area contributed by atoms with Crippen LogP contribution in [0.3, 0.4) is 0 Å². The van der Waals surface area contributed by atoms with E-state index < -0.39 is 0 Å². The monoisotopic (exact) mass is 293 g/mol. The molecule has 0 fully saturated rings. The second kappa shape index (κ2) is 5.93. The topological polar surface area (TPSA) is 73.2 Å². The number of thioether (sulfide) groups is 1. The van der Waals surface area contributed by atoms with E-state index in [4.69, 9.17) is 15.2 Å². The molecule has 1 atom stereocenters. The first-order valence-corrected chi connectivity index (χ1v) is 8.21. The van der Waals surface area contributed by atoms with Gasteiger partial charge in [0.2, 0.25) is 0 Å². The molecule has 3 rings (SSSR count). The number of nitrogens with two attached hydrogens (primary N) is 1. The molecule has 6 heteroatoms. The Hall–Kier alpha value is -1.40. The molecule has 1 aromatic heterocycles. The van der Waals surface area contributed by atoms with Crippen molar-refractivity contribution in [1.82, 2.24) is 9.97 Å². The van der Waals surface area contributed by atoms with Gasteiger partial charge in [0.1, 0.15) is 5.82 Å². The van der Waals surface area contributed by atoms with Gasteiger partial charge in [-0.05, 0) is 18.4 Å². The number of fused-ring (bicyclic) bond motifs is 2. The maximum atomic E-state index is 6.15. The average molecular weight is 293 g/mol. The van der Waals surface area contributed by atoms with E-state index in [1.807, 2.05) is 12.1 Å². The molecule has 0 aliphatic carbocycles. The average Bonchev–Trinajstić information content (AvgIpc) is 2.73. The maximum absolute atomic E-state index is 6.15. The van der Waals surface area contributed by atoms with Crippen LogP contribution in [-0.4, -0.2) is 35.2 Å². The first-order chi connectivity index (χ1) is 9.78. The van der Waals surface area contributed by atoms with Crippen LogP contribution in [-0.2, 0) is 0 Å². The first kappa shape index (κ1) is 13.6. The van der Waals surface area contributed by atoms with Gasteiger partial charge in [0.05, 0.1) is 30.3 Å². The zero-order chi connectivity index (χ0) is 13.9. The predicted octanol–water partition coefficient (Wildman–Crippen LogP) is 2.48. The lowest BCUT2D eigenvalue weighted by Gasteiger charge is -2.06. The fourth-order valence-corrected chi connectivity index (χ4v) is 2.73. The van der Waals surface area contributed by atoms with Crippen LogP contribution in [0.1, 0.15) is 24.7 Å². The number of ether oxygens (including phenoxy) is 2. The molecule has 1 unspecified atom stereocenters. The zero-order valence-electron chi connectivity index (χ0n) is 11.5. The van der Waals surface area contributed by atoms with E-state index in [0.717, 1.165) is 47.0 Å². The third-order valence-corrected chi connectivity index (χ3v) is 4.00. The number of nitrogens with one attached hydrogen (secondary N) is 1. The lowest BCUT2D eigenvalue weighted by molar-refractivity contribution is 0.297. The molecule has 1 aromatic carbocycles. The van der Waals surface area contributed by atoms with Gasteiger partial charge in [-0.2, -0.15) is 11.8 Å². The largest absolute Gasteiger partial charge is 0.489 e. The van der Waals surface area contributed by atoms with Crippen molar-refractivity contribution >= 4 is 22.8 Å². The lowest BCUT2D eigenvalue weighted by atomic mass is 10.2. The Kier molecular flexibility index (Phi) is 4.03. The van der Waals surface area contributed by atoms with E-state index in [-0.39, 0.29) is 6.04 Å². The number of H-pyrrole nitrogens is 1. The van der Waals surface area contributed by atoms with Crippen LogP contribution in [0.4, 0.5) is 0 Å². The molecule has 2 heterocycles. The van der Waals surface area contributed by atoms with Gasteiger partial charge in [0.15, 0.2) is 11.5 Å². The van der Waals surface area contributed by atoms with E-state index in [9.17, 15) is 0 Å². The minimum absolute atomic E-state index is 0.0588. The minimum atomic E-state index is -0.0588. The van der Waals surface area contributed by atoms with Crippen LogP contribution in [0.2, 0.25) is 0 Å². The van der Waals surface area contributed by atoms with Crippen molar-refractivity contribution in [2.24, 2.45) is 5.73 Å². The van der Waals surface area contributed by atoms with Crippen molar-refractivity contribution in [3.8, 4) is 11.5 Å². The summed E-state index contributed by atoms with van der Waals surface area (Å²) < 4.78 is 11.4. The van der Waals surface area contributed by atoms with E-state index in [0.29, 0.717) is 13.2 Å². The molecule has 1 aliphatic heterocycles. The first-order valence-electron chi connectivity index (χ1n) is 6.81. The fraction of sp³-hybridized carbons (Fsp3) is 0.500. The number of hydrogen-bond donors (Lipinski definition) is 2. The molecule has 1 aliphatic rings. The molecular weight excluding hydrogens is 274 g/mol. The smallest absolute Gasteiger partial charge is 0.163 e.